The van der Waals surface area contributed by atoms with Crippen molar-refractivity contribution < 1.29 is 14.3 Å². The van der Waals surface area contributed by atoms with Crippen molar-refractivity contribution in [2.45, 2.75) is 13.3 Å². The number of anilines is 1. The standard InChI is InChI=1S/C14H13N3O3/c1-10-9-20-14(16-10)17-13(19)12-6-5-11(8-15-12)4-2-3-7-18/h5-6,8-9,18H,3,7H2,1H3,(H,16,17,19). The van der Waals surface area contributed by atoms with Gasteiger partial charge in [0.1, 0.15) is 12.0 Å². The molecule has 0 aromatic carbocycles. The Morgan fingerprint density at radius 3 is 2.95 bits per heavy atom. The molecule has 6 heteroatoms. The van der Waals surface area contributed by atoms with Crippen LogP contribution in [-0.2, 0) is 0 Å². The lowest BCUT2D eigenvalue weighted by Crippen LogP contribution is -2.13. The predicted molar refractivity (Wildman–Crippen MR) is 72.0 cm³/mol. The first kappa shape index (κ1) is 13.8. The van der Waals surface area contributed by atoms with Crippen molar-refractivity contribution in [2.75, 3.05) is 11.9 Å². The quantitative estimate of drug-likeness (QED) is 0.823. The van der Waals surface area contributed by atoms with E-state index in [4.69, 9.17) is 9.52 Å². The van der Waals surface area contributed by atoms with E-state index in [0.29, 0.717) is 17.7 Å². The third-order valence-electron chi connectivity index (χ3n) is 2.31. The Morgan fingerprint density at radius 1 is 1.50 bits per heavy atom. The van der Waals surface area contributed by atoms with Gasteiger partial charge in [-0.1, -0.05) is 11.8 Å². The highest BCUT2D eigenvalue weighted by atomic mass is 16.4. The number of carbonyl (C=O) groups excluding carboxylic acids is 1. The van der Waals surface area contributed by atoms with E-state index in [1.165, 1.54) is 12.5 Å². The largest absolute Gasteiger partial charge is 0.432 e. The first-order chi connectivity index (χ1) is 9.69. The molecular weight excluding hydrogens is 258 g/mol. The molecule has 0 aliphatic heterocycles. The van der Waals surface area contributed by atoms with Crippen LogP contribution in [0.4, 0.5) is 6.01 Å². The van der Waals surface area contributed by atoms with Gasteiger partial charge in [-0.2, -0.15) is 4.98 Å². The zero-order valence-corrected chi connectivity index (χ0v) is 10.9. The maximum absolute atomic E-state index is 11.9. The molecule has 0 aliphatic rings. The van der Waals surface area contributed by atoms with Crippen molar-refractivity contribution in [3.8, 4) is 11.8 Å². The summed E-state index contributed by atoms with van der Waals surface area (Å²) < 4.78 is 5.03. The van der Waals surface area contributed by atoms with Gasteiger partial charge in [0, 0.05) is 18.2 Å². The number of aryl methyl sites for hydroxylation is 1. The first-order valence-corrected chi connectivity index (χ1v) is 5.98. The second kappa shape index (κ2) is 6.50. The zero-order chi connectivity index (χ0) is 14.4. The summed E-state index contributed by atoms with van der Waals surface area (Å²) in [5, 5.41) is 11.1. The van der Waals surface area contributed by atoms with E-state index in [-0.39, 0.29) is 18.3 Å². The number of hydrogen-bond acceptors (Lipinski definition) is 5. The van der Waals surface area contributed by atoms with Gasteiger partial charge in [-0.15, -0.1) is 0 Å². The molecule has 1 amide bonds. The average molecular weight is 271 g/mol. The van der Waals surface area contributed by atoms with Gasteiger partial charge in [-0.3, -0.25) is 10.1 Å². The van der Waals surface area contributed by atoms with Crippen molar-refractivity contribution in [2.24, 2.45) is 0 Å². The van der Waals surface area contributed by atoms with Crippen LogP contribution in [0.25, 0.3) is 0 Å². The lowest BCUT2D eigenvalue weighted by Gasteiger charge is -1.99. The molecule has 0 fully saturated rings. The van der Waals surface area contributed by atoms with E-state index in [0.717, 1.165) is 0 Å². The monoisotopic (exact) mass is 271 g/mol. The maximum Gasteiger partial charge on any atom is 0.301 e. The molecule has 2 heterocycles. The lowest BCUT2D eigenvalue weighted by molar-refractivity contribution is 0.101. The molecule has 102 valence electrons. The molecule has 0 unspecified atom stereocenters. The molecule has 0 aliphatic carbocycles. The number of amides is 1. The van der Waals surface area contributed by atoms with Crippen LogP contribution in [0, 0.1) is 18.8 Å². The van der Waals surface area contributed by atoms with Crippen molar-refractivity contribution in [3.05, 3.63) is 41.5 Å². The molecule has 2 aromatic rings. The summed E-state index contributed by atoms with van der Waals surface area (Å²) in [6, 6.07) is 3.39. The lowest BCUT2D eigenvalue weighted by atomic mass is 10.2. The third-order valence-corrected chi connectivity index (χ3v) is 2.31. The zero-order valence-electron chi connectivity index (χ0n) is 10.9. The highest BCUT2D eigenvalue weighted by molar-refractivity contribution is 6.01. The molecule has 0 saturated carbocycles. The van der Waals surface area contributed by atoms with Crippen LogP contribution in [0.3, 0.4) is 0 Å². The molecule has 0 spiro atoms. The Kier molecular flexibility index (Phi) is 4.47. The number of aliphatic hydroxyl groups excluding tert-OH is 1. The highest BCUT2D eigenvalue weighted by Crippen LogP contribution is 2.08. The summed E-state index contributed by atoms with van der Waals surface area (Å²) in [4.78, 5) is 19.8. The summed E-state index contributed by atoms with van der Waals surface area (Å²) >= 11 is 0. The fourth-order valence-corrected chi connectivity index (χ4v) is 1.40. The SMILES string of the molecule is Cc1coc(NC(=O)c2ccc(C#CCCO)cn2)n1. The number of oxazole rings is 1. The van der Waals surface area contributed by atoms with E-state index in [9.17, 15) is 4.79 Å². The second-order valence-corrected chi connectivity index (χ2v) is 3.96. The molecule has 2 N–H and O–H groups in total. The van der Waals surface area contributed by atoms with Crippen molar-refractivity contribution in [3.63, 3.8) is 0 Å². The second-order valence-electron chi connectivity index (χ2n) is 3.96. The molecular formula is C14H13N3O3. The summed E-state index contributed by atoms with van der Waals surface area (Å²) in [6.45, 7) is 1.79. The topological polar surface area (TPSA) is 88.2 Å². The fraction of sp³-hybridized carbons (Fsp3) is 0.214. The van der Waals surface area contributed by atoms with E-state index >= 15 is 0 Å². The number of carbonyl (C=O) groups is 1. The minimum atomic E-state index is -0.401. The smallest absolute Gasteiger partial charge is 0.301 e. The van der Waals surface area contributed by atoms with Gasteiger partial charge < -0.3 is 9.52 Å². The predicted octanol–water partition coefficient (Wildman–Crippen LogP) is 1.36. The first-order valence-electron chi connectivity index (χ1n) is 5.98. The Balaban J connectivity index is 2.02. The number of rotatable bonds is 3. The number of pyridine rings is 1. The van der Waals surface area contributed by atoms with Crippen molar-refractivity contribution in [1.29, 1.82) is 0 Å². The number of aliphatic hydroxyl groups is 1. The Bertz CT molecular complexity index is 650. The van der Waals surface area contributed by atoms with Crippen LogP contribution in [0.5, 0.6) is 0 Å². The van der Waals surface area contributed by atoms with Gasteiger partial charge in [0.15, 0.2) is 0 Å². The van der Waals surface area contributed by atoms with Crippen LogP contribution in [0.2, 0.25) is 0 Å². The minimum absolute atomic E-state index is 0.0243. The number of nitrogens with zero attached hydrogens (tertiary/aromatic N) is 2. The molecule has 20 heavy (non-hydrogen) atoms. The minimum Gasteiger partial charge on any atom is -0.432 e. The molecule has 0 bridgehead atoms. The van der Waals surface area contributed by atoms with Gasteiger partial charge in [0.2, 0.25) is 0 Å². The molecule has 0 saturated heterocycles. The van der Waals surface area contributed by atoms with Crippen molar-refractivity contribution >= 4 is 11.9 Å². The number of hydrogen-bond donors (Lipinski definition) is 2. The number of aromatic nitrogens is 2. The fourth-order valence-electron chi connectivity index (χ4n) is 1.40. The maximum atomic E-state index is 11.9. The summed E-state index contributed by atoms with van der Waals surface area (Å²) in [7, 11) is 0. The number of nitrogens with one attached hydrogen (secondary N) is 1. The van der Waals surface area contributed by atoms with Crippen LogP contribution in [0.15, 0.2) is 29.0 Å². The van der Waals surface area contributed by atoms with E-state index < -0.39 is 5.91 Å². The molecule has 6 nitrogen and oxygen atoms in total. The Labute approximate surface area is 115 Å². The van der Waals surface area contributed by atoms with Crippen LogP contribution < -0.4 is 5.32 Å². The van der Waals surface area contributed by atoms with Crippen molar-refractivity contribution in [1.82, 2.24) is 9.97 Å². The van der Waals surface area contributed by atoms with E-state index in [1.807, 2.05) is 0 Å². The van der Waals surface area contributed by atoms with E-state index in [2.05, 4.69) is 27.1 Å². The highest BCUT2D eigenvalue weighted by Gasteiger charge is 2.10. The summed E-state index contributed by atoms with van der Waals surface area (Å²) in [6.07, 6.45) is 3.36. The van der Waals surface area contributed by atoms with Crippen LogP contribution in [0.1, 0.15) is 28.2 Å². The molecule has 2 rings (SSSR count). The molecule has 2 aromatic heterocycles. The summed E-state index contributed by atoms with van der Waals surface area (Å²) in [5.74, 6) is 5.21. The Hall–Kier alpha value is -2.65. The van der Waals surface area contributed by atoms with Gasteiger partial charge in [0.05, 0.1) is 12.3 Å². The van der Waals surface area contributed by atoms with Crippen LogP contribution in [-0.4, -0.2) is 27.6 Å². The van der Waals surface area contributed by atoms with Gasteiger partial charge in [-0.05, 0) is 19.1 Å². The average Bonchev–Trinajstić information content (AvgIpc) is 2.85. The molecule has 0 radical (unpaired) electrons. The van der Waals surface area contributed by atoms with Gasteiger partial charge >= 0.3 is 6.01 Å². The Morgan fingerprint density at radius 2 is 2.35 bits per heavy atom. The van der Waals surface area contributed by atoms with Gasteiger partial charge in [0.25, 0.3) is 5.91 Å². The molecule has 0 atom stereocenters. The summed E-state index contributed by atoms with van der Waals surface area (Å²) in [5.41, 5.74) is 1.61. The van der Waals surface area contributed by atoms with E-state index in [1.54, 1.807) is 19.1 Å². The van der Waals surface area contributed by atoms with Gasteiger partial charge in [-0.25, -0.2) is 4.98 Å². The normalized spacial score (nSPS) is 9.70. The van der Waals surface area contributed by atoms with Crippen LogP contribution >= 0.6 is 0 Å². The third kappa shape index (κ3) is 3.67.